The molecule has 2 heterocycles. The Morgan fingerprint density at radius 1 is 0.534 bits per heavy atom. The van der Waals surface area contributed by atoms with E-state index < -0.39 is 36.3 Å². The number of amides is 6. The maximum atomic E-state index is 14.1. The van der Waals surface area contributed by atoms with Crippen molar-refractivity contribution in [1.29, 1.82) is 0 Å². The number of hydrogen-bond donors (Lipinski definition) is 6. The standard InChI is InChI=1S/C55H80N8O8.2ClH/c1-36(56-3)50(66)60-46(54(70)62-33-17-31-48(62)52(68)58-44-29-15-21-38-19-11-13-25-42(38)44)27-9-5-7-23-40(64)35-41(65)24-8-6-10-28-47(61-51(67)37(2)57-4)55(71)63-34-18-32-49(63)53(69)59-45-30-16-22-39-20-12-14-26-43(39)45;;/h11-14,19-20,25-26,36-37,44-49,56-57H,5-10,15-18,21-24,27-35H2,1-4H3,(H,58,68)(H,59,69)(H,60,66)(H,61,67);2*1H/t36-,37-,44+,45+,46-,47-,48-,49-;;/m0../s1. The number of likely N-dealkylation sites (N-methyl/N-ethyl adjacent to an activating group) is 2. The molecule has 0 saturated carbocycles. The molecule has 6 amide bonds. The van der Waals surface area contributed by atoms with Gasteiger partial charge in [-0.25, -0.2) is 0 Å². The minimum absolute atomic E-state index is 0. The molecule has 2 fully saturated rings. The van der Waals surface area contributed by atoms with Gasteiger partial charge in [-0.05, 0) is 140 Å². The number of rotatable bonds is 26. The Hall–Kier alpha value is -4.90. The largest absolute Gasteiger partial charge is 0.347 e. The summed E-state index contributed by atoms with van der Waals surface area (Å²) in [6, 6.07) is 12.2. The quantitative estimate of drug-likeness (QED) is 0.0491. The molecule has 404 valence electrons. The molecule has 2 aromatic carbocycles. The molecule has 16 nitrogen and oxygen atoms in total. The molecule has 0 unspecified atom stereocenters. The van der Waals surface area contributed by atoms with Gasteiger partial charge in [0.25, 0.3) is 0 Å². The van der Waals surface area contributed by atoms with E-state index >= 15 is 0 Å². The normalized spacial score (nSPS) is 20.6. The lowest BCUT2D eigenvalue weighted by molar-refractivity contribution is -0.142. The fourth-order valence-electron chi connectivity index (χ4n) is 10.8. The number of benzene rings is 2. The second kappa shape index (κ2) is 30.5. The molecule has 0 radical (unpaired) electrons. The van der Waals surface area contributed by atoms with Crippen LogP contribution in [0.5, 0.6) is 0 Å². The number of unbranched alkanes of at least 4 members (excludes halogenated alkanes) is 4. The molecule has 6 N–H and O–H groups in total. The molecule has 18 heteroatoms. The van der Waals surface area contributed by atoms with Crippen LogP contribution in [0.15, 0.2) is 48.5 Å². The molecule has 0 aromatic heterocycles. The summed E-state index contributed by atoms with van der Waals surface area (Å²) in [5.41, 5.74) is 4.73. The molecule has 4 aliphatic rings. The second-order valence-electron chi connectivity index (χ2n) is 20.3. The van der Waals surface area contributed by atoms with E-state index in [0.717, 1.165) is 49.7 Å². The number of halogens is 2. The van der Waals surface area contributed by atoms with Crippen LogP contribution in [0.25, 0.3) is 0 Å². The van der Waals surface area contributed by atoms with Crippen LogP contribution >= 0.6 is 24.8 Å². The molecule has 8 atom stereocenters. The highest BCUT2D eigenvalue weighted by atomic mass is 35.5. The van der Waals surface area contributed by atoms with Gasteiger partial charge >= 0.3 is 0 Å². The molecule has 0 spiro atoms. The number of aryl methyl sites for hydroxylation is 2. The van der Waals surface area contributed by atoms with Gasteiger partial charge in [0.2, 0.25) is 35.4 Å². The van der Waals surface area contributed by atoms with Gasteiger partial charge < -0.3 is 41.7 Å². The molecular formula is C55H82Cl2N8O8. The molecule has 2 aliphatic heterocycles. The lowest BCUT2D eigenvalue weighted by Gasteiger charge is -2.32. The van der Waals surface area contributed by atoms with Crippen molar-refractivity contribution in [3.63, 3.8) is 0 Å². The van der Waals surface area contributed by atoms with E-state index in [9.17, 15) is 38.4 Å². The Kier molecular flexibility index (Phi) is 25.3. The first-order valence-electron chi connectivity index (χ1n) is 26.7. The van der Waals surface area contributed by atoms with Crippen molar-refractivity contribution in [2.45, 2.75) is 197 Å². The molecule has 2 aromatic rings. The Balaban J connectivity index is 0.00000578. The van der Waals surface area contributed by atoms with Crippen LogP contribution in [-0.4, -0.2) is 120 Å². The van der Waals surface area contributed by atoms with Gasteiger partial charge in [-0.1, -0.05) is 74.2 Å². The summed E-state index contributed by atoms with van der Waals surface area (Å²) in [6.45, 7) is 4.30. The van der Waals surface area contributed by atoms with E-state index in [2.05, 4.69) is 56.2 Å². The van der Waals surface area contributed by atoms with Gasteiger partial charge in [0.05, 0.1) is 30.6 Å². The maximum absolute atomic E-state index is 14.1. The lowest BCUT2D eigenvalue weighted by Crippen LogP contribution is -2.55. The highest BCUT2D eigenvalue weighted by molar-refractivity contribution is 5.99. The number of likely N-dealkylation sites (tertiary alicyclic amines) is 2. The highest BCUT2D eigenvalue weighted by Crippen LogP contribution is 2.32. The highest BCUT2D eigenvalue weighted by Gasteiger charge is 2.40. The third-order valence-electron chi connectivity index (χ3n) is 15.2. The smallest absolute Gasteiger partial charge is 0.245 e. The zero-order valence-electron chi connectivity index (χ0n) is 43.5. The predicted octanol–water partition coefficient (Wildman–Crippen LogP) is 5.81. The SMILES string of the molecule is CN[C@@H](C)C(=O)N[C@@H](CCCCCC(=O)CC(=O)CCCCC[C@H](NC(=O)[C@H](C)NC)C(=O)N1CCC[C@H]1C(=O)N[C@@H]1CCCc2ccccc21)C(=O)N1CCC[C@H]1C(=O)N[C@@H]1CCCc2ccccc21.Cl.Cl. The third kappa shape index (κ3) is 17.1. The van der Waals surface area contributed by atoms with E-state index in [1.807, 2.05) is 24.3 Å². The summed E-state index contributed by atoms with van der Waals surface area (Å²) in [7, 11) is 3.35. The Bertz CT molecular complexity index is 2050. The maximum Gasteiger partial charge on any atom is 0.245 e. The van der Waals surface area contributed by atoms with E-state index in [1.54, 1.807) is 37.7 Å². The fourth-order valence-corrected chi connectivity index (χ4v) is 10.8. The van der Waals surface area contributed by atoms with E-state index in [4.69, 9.17) is 0 Å². The zero-order chi connectivity index (χ0) is 50.9. The number of hydrogen-bond acceptors (Lipinski definition) is 10. The number of carbonyl (C=O) groups is 8. The summed E-state index contributed by atoms with van der Waals surface area (Å²) in [5.74, 6) is -1.80. The van der Waals surface area contributed by atoms with Crippen LogP contribution in [-0.2, 0) is 51.2 Å². The Morgan fingerprint density at radius 2 is 0.932 bits per heavy atom. The van der Waals surface area contributed by atoms with E-state index in [-0.39, 0.29) is 103 Å². The van der Waals surface area contributed by atoms with Gasteiger partial charge in [-0.15, -0.1) is 24.8 Å². The molecule has 73 heavy (non-hydrogen) atoms. The summed E-state index contributed by atoms with van der Waals surface area (Å²) in [4.78, 5) is 111. The van der Waals surface area contributed by atoms with E-state index in [0.29, 0.717) is 90.1 Å². The first-order valence-corrected chi connectivity index (χ1v) is 26.7. The number of carbonyl (C=O) groups excluding carboxylic acids is 8. The van der Waals surface area contributed by atoms with Gasteiger partial charge in [0.15, 0.2) is 0 Å². The van der Waals surface area contributed by atoms with Gasteiger partial charge in [0, 0.05) is 25.9 Å². The Morgan fingerprint density at radius 3 is 1.33 bits per heavy atom. The van der Waals surface area contributed by atoms with Crippen molar-refractivity contribution in [3.05, 3.63) is 70.8 Å². The molecular weight excluding hydrogens is 972 g/mol. The van der Waals surface area contributed by atoms with Gasteiger partial charge in [-0.3, -0.25) is 38.4 Å². The number of ketones is 2. The van der Waals surface area contributed by atoms with Crippen molar-refractivity contribution >= 4 is 71.8 Å². The van der Waals surface area contributed by atoms with Crippen molar-refractivity contribution in [2.75, 3.05) is 27.2 Å². The average molecular weight is 1050 g/mol. The first kappa shape index (κ1) is 60.7. The third-order valence-corrected chi connectivity index (χ3v) is 15.2. The molecule has 0 bridgehead atoms. The number of nitrogens with one attached hydrogen (secondary N) is 6. The van der Waals surface area contributed by atoms with Crippen LogP contribution in [0.1, 0.15) is 170 Å². The monoisotopic (exact) mass is 1050 g/mol. The second-order valence-corrected chi connectivity index (χ2v) is 20.3. The zero-order valence-corrected chi connectivity index (χ0v) is 45.1. The van der Waals surface area contributed by atoms with Crippen LogP contribution in [0.2, 0.25) is 0 Å². The summed E-state index contributed by atoms with van der Waals surface area (Å²) in [6.07, 6.45) is 12.5. The van der Waals surface area contributed by atoms with Crippen molar-refractivity contribution < 1.29 is 38.4 Å². The number of Topliss-reactive ketones (excluding diaryl/α,β-unsaturated/α-hetero) is 2. The van der Waals surface area contributed by atoms with Crippen LogP contribution in [0.3, 0.4) is 0 Å². The molecule has 2 aliphatic carbocycles. The topological polar surface area (TPSA) is 215 Å². The van der Waals surface area contributed by atoms with Crippen LogP contribution < -0.4 is 31.9 Å². The first-order chi connectivity index (χ1) is 34.3. The Labute approximate surface area is 445 Å². The van der Waals surface area contributed by atoms with Crippen molar-refractivity contribution in [1.82, 2.24) is 41.7 Å². The molecule has 2 saturated heterocycles. The average Bonchev–Trinajstić information content (AvgIpc) is 4.09. The van der Waals surface area contributed by atoms with Crippen molar-refractivity contribution in [2.24, 2.45) is 0 Å². The minimum Gasteiger partial charge on any atom is -0.347 e. The lowest BCUT2D eigenvalue weighted by atomic mass is 9.87. The summed E-state index contributed by atoms with van der Waals surface area (Å²) < 4.78 is 0. The van der Waals surface area contributed by atoms with Crippen molar-refractivity contribution in [3.8, 4) is 0 Å². The summed E-state index contributed by atoms with van der Waals surface area (Å²) >= 11 is 0. The number of nitrogens with zero attached hydrogens (tertiary/aromatic N) is 2. The predicted molar refractivity (Wildman–Crippen MR) is 286 cm³/mol. The van der Waals surface area contributed by atoms with Gasteiger partial charge in [-0.2, -0.15) is 0 Å². The van der Waals surface area contributed by atoms with Crippen LogP contribution in [0.4, 0.5) is 0 Å². The van der Waals surface area contributed by atoms with Crippen LogP contribution in [0, 0.1) is 0 Å². The number of fused-ring (bicyclic) bond motifs is 2. The molecule has 6 rings (SSSR count). The minimum atomic E-state index is -0.824. The van der Waals surface area contributed by atoms with E-state index in [1.165, 1.54) is 11.1 Å². The van der Waals surface area contributed by atoms with Gasteiger partial charge in [0.1, 0.15) is 35.7 Å². The fraction of sp³-hybridized carbons (Fsp3) is 0.636. The summed E-state index contributed by atoms with van der Waals surface area (Å²) in [5, 5.41) is 18.1.